The molecule has 3 atom stereocenters. The number of carbonyl (C=O) groups is 3. The van der Waals surface area contributed by atoms with E-state index in [4.69, 9.17) is 9.15 Å². The summed E-state index contributed by atoms with van der Waals surface area (Å²) in [6.07, 6.45) is 9.34. The highest BCUT2D eigenvalue weighted by atomic mass is 32.1. The zero-order valence-electron chi connectivity index (χ0n) is 16.4. The molecule has 2 aliphatic heterocycles. The van der Waals surface area contributed by atoms with Crippen LogP contribution in [0.4, 0.5) is 0 Å². The van der Waals surface area contributed by atoms with E-state index in [-0.39, 0.29) is 64.7 Å². The fourth-order valence-electron chi connectivity index (χ4n) is 4.67. The maximum absolute atomic E-state index is 13.4. The number of rotatable bonds is 5. The van der Waals surface area contributed by atoms with Crippen molar-refractivity contribution >= 4 is 44.6 Å². The molecule has 170 valence electrons. The Morgan fingerprint density at radius 3 is 2.57 bits per heavy atom. The second kappa shape index (κ2) is 11.8. The molecule has 1 aromatic heterocycles. The highest BCUT2D eigenvalue weighted by Gasteiger charge is 2.46. The Morgan fingerprint density at radius 1 is 1.17 bits per heavy atom. The molecule has 0 unspecified atom stereocenters. The zero-order chi connectivity index (χ0) is 18.8. The number of piperidine rings is 1. The van der Waals surface area contributed by atoms with Crippen LogP contribution in [-0.2, 0) is 14.3 Å². The van der Waals surface area contributed by atoms with E-state index in [1.54, 1.807) is 11.0 Å². The third-order valence-corrected chi connectivity index (χ3v) is 6.06. The van der Waals surface area contributed by atoms with E-state index in [1.165, 1.54) is 25.4 Å². The Labute approximate surface area is 192 Å². The van der Waals surface area contributed by atoms with Crippen LogP contribution in [0.25, 0.3) is 0 Å². The fraction of sp³-hybridized carbons (Fsp3) is 0.667. The first-order chi connectivity index (χ1) is 13.1. The molecule has 1 aromatic rings. The Bertz CT molecular complexity index is 706. The number of furan rings is 1. The second-order valence-corrected chi connectivity index (χ2v) is 7.86. The number of ketones is 1. The summed E-state index contributed by atoms with van der Waals surface area (Å²) in [5.74, 6) is -0.0801. The Kier molecular flexibility index (Phi) is 10.5. The van der Waals surface area contributed by atoms with Gasteiger partial charge in [0.15, 0.2) is 5.78 Å². The van der Waals surface area contributed by atoms with Gasteiger partial charge < -0.3 is 19.4 Å². The molecule has 7 nitrogen and oxygen atoms in total. The van der Waals surface area contributed by atoms with Gasteiger partial charge in [-0.25, -0.2) is 0 Å². The zero-order valence-corrected chi connectivity index (χ0v) is 18.4. The van der Waals surface area contributed by atoms with Crippen molar-refractivity contribution in [1.82, 2.24) is 10.2 Å². The van der Waals surface area contributed by atoms with Crippen LogP contribution < -0.4 is 5.32 Å². The molecule has 2 saturated heterocycles. The Balaban J connectivity index is 0.00000150. The fourth-order valence-corrected chi connectivity index (χ4v) is 4.67. The van der Waals surface area contributed by atoms with Crippen LogP contribution in [0.3, 0.4) is 0 Å². The van der Waals surface area contributed by atoms with E-state index in [9.17, 15) is 14.4 Å². The summed E-state index contributed by atoms with van der Waals surface area (Å²) in [6.45, 7) is 0.617. The van der Waals surface area contributed by atoms with Crippen LogP contribution in [0.15, 0.2) is 23.0 Å². The van der Waals surface area contributed by atoms with Crippen LogP contribution in [0, 0.1) is 5.92 Å². The van der Waals surface area contributed by atoms with Crippen molar-refractivity contribution in [2.24, 2.45) is 5.92 Å². The molecule has 30 heavy (non-hydrogen) atoms. The topological polar surface area (TPSA) is 88.9 Å². The van der Waals surface area contributed by atoms with Gasteiger partial charge in [-0.2, -0.15) is 27.0 Å². The van der Waals surface area contributed by atoms with E-state index >= 15 is 0 Å². The number of ether oxygens (including phenoxy) is 1. The molecule has 0 radical (unpaired) electrons. The van der Waals surface area contributed by atoms with E-state index in [1.807, 2.05) is 0 Å². The number of nitrogens with one attached hydrogen (secondary N) is 1. The van der Waals surface area contributed by atoms with Gasteiger partial charge in [0.2, 0.25) is 5.91 Å². The minimum absolute atomic E-state index is 0. The van der Waals surface area contributed by atoms with Crippen LogP contribution >= 0.6 is 27.0 Å². The van der Waals surface area contributed by atoms with Crippen LogP contribution in [0.2, 0.25) is 0 Å². The lowest BCUT2D eigenvalue weighted by atomic mass is 9.93. The maximum atomic E-state index is 13.4. The number of Topliss-reactive ketones (excluding diaryl/α,β-unsaturated/α-hetero) is 1. The summed E-state index contributed by atoms with van der Waals surface area (Å²) in [7, 11) is 0. The average Bonchev–Trinajstić information content (AvgIpc) is 3.43. The molecule has 3 heterocycles. The summed E-state index contributed by atoms with van der Waals surface area (Å²) in [5.41, 5.74) is 0.399. The number of hydrogen-bond acceptors (Lipinski definition) is 5. The molecule has 1 N–H and O–H groups in total. The predicted molar refractivity (Wildman–Crippen MR) is 124 cm³/mol. The van der Waals surface area contributed by atoms with Crippen molar-refractivity contribution in [3.8, 4) is 0 Å². The molecule has 2 amide bonds. The maximum Gasteiger partial charge on any atom is 0.255 e. The summed E-state index contributed by atoms with van der Waals surface area (Å²) in [4.78, 5) is 39.8. The number of hydrogen-bond donors (Lipinski definition) is 1. The molecule has 0 spiro atoms. The van der Waals surface area contributed by atoms with E-state index in [0.29, 0.717) is 24.4 Å². The van der Waals surface area contributed by atoms with Gasteiger partial charge in [0.25, 0.3) is 5.91 Å². The molecular weight excluding hydrogens is 424 g/mol. The van der Waals surface area contributed by atoms with E-state index in [2.05, 4.69) is 5.32 Å². The molecule has 3 fully saturated rings. The lowest BCUT2D eigenvalue weighted by Gasteiger charge is -2.38. The first kappa shape index (κ1) is 26.6. The molecule has 1 aliphatic carbocycles. The number of nitrogens with zero attached hydrogens (tertiary/aromatic N) is 1. The summed E-state index contributed by atoms with van der Waals surface area (Å²) in [5, 5.41) is 2.90. The van der Waals surface area contributed by atoms with Crippen LogP contribution in [-0.4, -0.2) is 53.8 Å². The van der Waals surface area contributed by atoms with Crippen molar-refractivity contribution in [3.05, 3.63) is 24.2 Å². The van der Waals surface area contributed by atoms with Crippen LogP contribution in [0.5, 0.6) is 0 Å². The molecule has 1 saturated carbocycles. The monoisotopic (exact) mass is 458 g/mol. The highest BCUT2D eigenvalue weighted by molar-refractivity contribution is 7.59. The van der Waals surface area contributed by atoms with Gasteiger partial charge in [0.1, 0.15) is 25.0 Å². The van der Waals surface area contributed by atoms with Gasteiger partial charge in [-0.1, -0.05) is 33.1 Å². The molecule has 0 bridgehead atoms. The van der Waals surface area contributed by atoms with Crippen molar-refractivity contribution in [1.29, 1.82) is 0 Å². The van der Waals surface area contributed by atoms with Crippen molar-refractivity contribution in [2.75, 3.05) is 13.2 Å². The lowest BCUT2D eigenvalue weighted by Crippen LogP contribution is -2.58. The van der Waals surface area contributed by atoms with Crippen molar-refractivity contribution in [2.45, 2.75) is 70.6 Å². The summed E-state index contributed by atoms with van der Waals surface area (Å²) >= 11 is 0. The van der Waals surface area contributed by atoms with Gasteiger partial charge in [-0.05, 0) is 31.2 Å². The van der Waals surface area contributed by atoms with E-state index in [0.717, 1.165) is 25.7 Å². The molecular formula is C21H34N2O5S2. The smallest absolute Gasteiger partial charge is 0.255 e. The molecule has 0 aromatic carbocycles. The molecule has 4 rings (SSSR count). The van der Waals surface area contributed by atoms with Gasteiger partial charge in [0.05, 0.1) is 17.9 Å². The van der Waals surface area contributed by atoms with Gasteiger partial charge in [0, 0.05) is 6.54 Å². The highest BCUT2D eigenvalue weighted by Crippen LogP contribution is 2.31. The number of likely N-dealkylation sites (tertiary alicyclic amines) is 1. The SMILES string of the molecule is C.O=C(N[C@@H](CC1CCCC1)C(=O)N1CCC[C@H]2OCC(=O)[C@H]21)c1ccoc1.S.S. The Morgan fingerprint density at radius 2 is 1.90 bits per heavy atom. The van der Waals surface area contributed by atoms with Crippen LogP contribution in [0.1, 0.15) is 62.7 Å². The molecule has 3 aliphatic rings. The minimum Gasteiger partial charge on any atom is -0.472 e. The Hall–Kier alpha value is -1.45. The minimum atomic E-state index is -0.623. The lowest BCUT2D eigenvalue weighted by molar-refractivity contribution is -0.142. The summed E-state index contributed by atoms with van der Waals surface area (Å²) in [6, 6.07) is 0.461. The first-order valence-electron chi connectivity index (χ1n) is 9.91. The van der Waals surface area contributed by atoms with Crippen molar-refractivity contribution in [3.63, 3.8) is 0 Å². The third kappa shape index (κ3) is 5.62. The van der Waals surface area contributed by atoms with Gasteiger partial charge >= 0.3 is 0 Å². The standard InChI is InChI=1S/C20H26N2O5.CH4.2H2S/c23-16-12-27-17-6-3-8-22(18(16)17)20(25)15(10-13-4-1-2-5-13)21-19(24)14-7-9-26-11-14;;;/h7,9,11,13,15,17-18H,1-6,8,10,12H2,(H,21,24);1H4;2*1H2/t15-,17+,18+;;;/m0.../s1. The third-order valence-electron chi connectivity index (χ3n) is 6.06. The first-order valence-corrected chi connectivity index (χ1v) is 9.91. The van der Waals surface area contributed by atoms with Crippen molar-refractivity contribution < 1.29 is 23.5 Å². The normalized spacial score (nSPS) is 24.1. The average molecular weight is 459 g/mol. The summed E-state index contributed by atoms with van der Waals surface area (Å²) < 4.78 is 10.5. The molecule has 9 heteroatoms. The van der Waals surface area contributed by atoms with Gasteiger partial charge in [-0.15, -0.1) is 0 Å². The van der Waals surface area contributed by atoms with Gasteiger partial charge in [-0.3, -0.25) is 14.4 Å². The second-order valence-electron chi connectivity index (χ2n) is 7.86. The predicted octanol–water partition coefficient (Wildman–Crippen LogP) is 2.78. The number of fused-ring (bicyclic) bond motifs is 1. The van der Waals surface area contributed by atoms with E-state index < -0.39 is 12.1 Å². The largest absolute Gasteiger partial charge is 0.472 e. The number of amides is 2. The quantitative estimate of drug-likeness (QED) is 0.733. The number of carbonyl (C=O) groups excluding carboxylic acids is 3.